The van der Waals surface area contributed by atoms with E-state index in [1.54, 1.807) is 0 Å². The van der Waals surface area contributed by atoms with E-state index in [2.05, 4.69) is 9.98 Å². The van der Waals surface area contributed by atoms with Gasteiger partial charge in [-0.05, 0) is 0 Å². The summed E-state index contributed by atoms with van der Waals surface area (Å²) in [6.45, 7) is 0. The lowest BCUT2D eigenvalue weighted by atomic mass is 10.2. The number of aliphatic imine (C=N–C) groups is 2. The Hall–Kier alpha value is -2.50. The molecule has 16 heavy (non-hydrogen) atoms. The first-order valence-corrected chi connectivity index (χ1v) is 4.20. The van der Waals surface area contributed by atoms with Crippen molar-refractivity contribution in [3.63, 3.8) is 0 Å². The number of carboxylic acids is 2. The average molecular weight is 220 g/mol. The van der Waals surface area contributed by atoms with Crippen LogP contribution in [0, 0.1) is 0 Å². The Morgan fingerprint density at radius 2 is 1.31 bits per heavy atom. The van der Waals surface area contributed by atoms with Gasteiger partial charge in [0.2, 0.25) is 0 Å². The zero-order chi connectivity index (χ0) is 12.0. The van der Waals surface area contributed by atoms with E-state index in [1.807, 2.05) is 24.8 Å². The Labute approximate surface area is 90.7 Å². The quantitative estimate of drug-likeness (QED) is 0.667. The minimum atomic E-state index is -1.26. The molecule has 0 atom stereocenters. The SMILES string of the molecule is C1=NC=C2C=NC=C12.O=C(O)/C=C/C(=O)O. The molecular formula is C10H8N2O4. The summed E-state index contributed by atoms with van der Waals surface area (Å²) in [7, 11) is 0. The van der Waals surface area contributed by atoms with Gasteiger partial charge in [-0.25, -0.2) is 9.59 Å². The van der Waals surface area contributed by atoms with Gasteiger partial charge in [0.1, 0.15) is 0 Å². The molecule has 0 saturated carbocycles. The van der Waals surface area contributed by atoms with Gasteiger partial charge in [-0.3, -0.25) is 9.98 Å². The smallest absolute Gasteiger partial charge is 0.328 e. The fourth-order valence-corrected chi connectivity index (χ4v) is 0.903. The van der Waals surface area contributed by atoms with Crippen LogP contribution < -0.4 is 0 Å². The van der Waals surface area contributed by atoms with Crippen molar-refractivity contribution in [2.45, 2.75) is 0 Å². The molecule has 0 bridgehead atoms. The normalized spacial score (nSPS) is 15.2. The minimum Gasteiger partial charge on any atom is -0.478 e. The van der Waals surface area contributed by atoms with Crippen LogP contribution in [0.5, 0.6) is 0 Å². The molecule has 2 aliphatic heterocycles. The van der Waals surface area contributed by atoms with Crippen molar-refractivity contribution in [2.24, 2.45) is 9.98 Å². The van der Waals surface area contributed by atoms with Crippen LogP contribution in [-0.2, 0) is 9.59 Å². The average Bonchev–Trinajstić information content (AvgIpc) is 2.76. The lowest BCUT2D eigenvalue weighted by Crippen LogP contribution is -1.91. The summed E-state index contributed by atoms with van der Waals surface area (Å²) in [4.78, 5) is 26.9. The summed E-state index contributed by atoms with van der Waals surface area (Å²) in [5.74, 6) is -2.51. The highest BCUT2D eigenvalue weighted by Crippen LogP contribution is 2.15. The number of nitrogens with zero attached hydrogens (tertiary/aromatic N) is 2. The van der Waals surface area contributed by atoms with Gasteiger partial charge < -0.3 is 10.2 Å². The molecule has 2 rings (SSSR count). The molecule has 6 heteroatoms. The zero-order valence-corrected chi connectivity index (χ0v) is 8.07. The molecule has 0 amide bonds. The third-order valence-electron chi connectivity index (χ3n) is 1.56. The molecule has 0 radical (unpaired) electrons. The Bertz CT molecular complexity index is 413. The number of fused-ring (bicyclic) bond motifs is 1. The number of aliphatic carboxylic acids is 2. The highest BCUT2D eigenvalue weighted by atomic mass is 16.4. The highest BCUT2D eigenvalue weighted by Gasteiger charge is 2.07. The third-order valence-corrected chi connectivity index (χ3v) is 1.56. The van der Waals surface area contributed by atoms with Crippen LogP contribution in [-0.4, -0.2) is 34.6 Å². The topological polar surface area (TPSA) is 99.3 Å². The predicted octanol–water partition coefficient (Wildman–Crippen LogP) is 0.635. The summed E-state index contributed by atoms with van der Waals surface area (Å²) in [6.07, 6.45) is 8.35. The first-order chi connectivity index (χ1) is 7.59. The maximum absolute atomic E-state index is 9.55. The molecule has 0 saturated heterocycles. The van der Waals surface area contributed by atoms with Crippen molar-refractivity contribution in [1.29, 1.82) is 0 Å². The summed E-state index contributed by atoms with van der Waals surface area (Å²) in [6, 6.07) is 0. The van der Waals surface area contributed by atoms with E-state index in [-0.39, 0.29) is 0 Å². The van der Waals surface area contributed by atoms with E-state index in [0.717, 1.165) is 11.1 Å². The van der Waals surface area contributed by atoms with Gasteiger partial charge in [-0.2, -0.15) is 0 Å². The maximum Gasteiger partial charge on any atom is 0.328 e. The van der Waals surface area contributed by atoms with E-state index < -0.39 is 11.9 Å². The molecule has 6 nitrogen and oxygen atoms in total. The molecule has 0 aliphatic carbocycles. The van der Waals surface area contributed by atoms with Crippen molar-refractivity contribution < 1.29 is 19.8 Å². The molecule has 2 aliphatic rings. The lowest BCUT2D eigenvalue weighted by Gasteiger charge is -1.80. The monoisotopic (exact) mass is 220 g/mol. The van der Waals surface area contributed by atoms with Crippen LogP contribution in [0.1, 0.15) is 0 Å². The molecule has 2 heterocycles. The third kappa shape index (κ3) is 3.70. The molecule has 0 aromatic heterocycles. The number of hydrogen-bond acceptors (Lipinski definition) is 4. The molecule has 0 fully saturated rings. The summed E-state index contributed by atoms with van der Waals surface area (Å²) in [5, 5.41) is 15.6. The van der Waals surface area contributed by atoms with Crippen molar-refractivity contribution in [1.82, 2.24) is 0 Å². The number of rotatable bonds is 2. The molecule has 0 unspecified atom stereocenters. The largest absolute Gasteiger partial charge is 0.478 e. The number of allylic oxidation sites excluding steroid dienone is 2. The van der Waals surface area contributed by atoms with Gasteiger partial charge in [0.05, 0.1) is 0 Å². The second-order valence-corrected chi connectivity index (χ2v) is 2.74. The minimum absolute atomic E-state index is 0.558. The predicted molar refractivity (Wildman–Crippen MR) is 57.6 cm³/mol. The van der Waals surface area contributed by atoms with Crippen LogP contribution in [0.15, 0.2) is 45.7 Å². The molecule has 0 aromatic rings. The fourth-order valence-electron chi connectivity index (χ4n) is 0.903. The fraction of sp³-hybridized carbons (Fsp3) is 0. The number of hydrogen-bond donors (Lipinski definition) is 2. The maximum atomic E-state index is 9.55. The molecule has 0 spiro atoms. The first kappa shape index (κ1) is 11.6. The van der Waals surface area contributed by atoms with E-state index in [0.29, 0.717) is 12.2 Å². The standard InChI is InChI=1S/C6H4N2.C4H4O4/c1-5-2-8-4-6(5)3-7-1;5-3(6)1-2-4(7)8/h1-4H;1-2H,(H,5,6)(H,7,8)/b;2-1+. The van der Waals surface area contributed by atoms with Crippen LogP contribution >= 0.6 is 0 Å². The van der Waals surface area contributed by atoms with Crippen molar-refractivity contribution in [3.8, 4) is 0 Å². The molecule has 0 aromatic carbocycles. The van der Waals surface area contributed by atoms with Gasteiger partial charge >= 0.3 is 11.9 Å². The van der Waals surface area contributed by atoms with E-state index >= 15 is 0 Å². The van der Waals surface area contributed by atoms with E-state index in [4.69, 9.17) is 10.2 Å². The van der Waals surface area contributed by atoms with E-state index in [1.165, 1.54) is 0 Å². The first-order valence-electron chi connectivity index (χ1n) is 4.20. The van der Waals surface area contributed by atoms with Crippen molar-refractivity contribution >= 4 is 24.4 Å². The summed E-state index contributed by atoms with van der Waals surface area (Å²) in [5.41, 5.74) is 2.26. The van der Waals surface area contributed by atoms with Gasteiger partial charge in [0.25, 0.3) is 0 Å². The Morgan fingerprint density at radius 1 is 0.938 bits per heavy atom. The van der Waals surface area contributed by atoms with Crippen LogP contribution in [0.3, 0.4) is 0 Å². The van der Waals surface area contributed by atoms with Gasteiger partial charge in [0, 0.05) is 48.1 Å². The van der Waals surface area contributed by atoms with Gasteiger partial charge in [-0.15, -0.1) is 0 Å². The molecule has 2 N–H and O–H groups in total. The Kier molecular flexibility index (Phi) is 3.90. The molecular weight excluding hydrogens is 212 g/mol. The van der Waals surface area contributed by atoms with Crippen LogP contribution in [0.25, 0.3) is 0 Å². The van der Waals surface area contributed by atoms with Gasteiger partial charge in [0.15, 0.2) is 0 Å². The highest BCUT2D eigenvalue weighted by molar-refractivity contribution is 6.04. The zero-order valence-electron chi connectivity index (χ0n) is 8.07. The van der Waals surface area contributed by atoms with Crippen molar-refractivity contribution in [2.75, 3.05) is 0 Å². The molecule has 82 valence electrons. The Balaban J connectivity index is 0.000000160. The second-order valence-electron chi connectivity index (χ2n) is 2.74. The summed E-state index contributed by atoms with van der Waals surface area (Å²) >= 11 is 0. The van der Waals surface area contributed by atoms with Crippen molar-refractivity contribution in [3.05, 3.63) is 35.7 Å². The van der Waals surface area contributed by atoms with Gasteiger partial charge in [-0.1, -0.05) is 0 Å². The van der Waals surface area contributed by atoms with Crippen LogP contribution in [0.2, 0.25) is 0 Å². The second kappa shape index (κ2) is 5.40. The summed E-state index contributed by atoms with van der Waals surface area (Å²) < 4.78 is 0. The lowest BCUT2D eigenvalue weighted by molar-refractivity contribution is -0.134. The Morgan fingerprint density at radius 3 is 1.62 bits per heavy atom. The van der Waals surface area contributed by atoms with E-state index in [9.17, 15) is 9.59 Å². The number of carbonyl (C=O) groups is 2. The van der Waals surface area contributed by atoms with Crippen LogP contribution in [0.4, 0.5) is 0 Å². The number of carboxylic acid groups (broad SMARTS) is 2.